The second-order valence-corrected chi connectivity index (χ2v) is 7.74. The quantitative estimate of drug-likeness (QED) is 0.319. The minimum Gasteiger partial charge on any atom is -0.469 e. The topological polar surface area (TPSA) is 69.6 Å². The van der Waals surface area contributed by atoms with E-state index in [-0.39, 0.29) is 23.6 Å². The van der Waals surface area contributed by atoms with Gasteiger partial charge in [-0.2, -0.15) is 0 Å². The van der Waals surface area contributed by atoms with Gasteiger partial charge in [-0.3, -0.25) is 9.20 Å². The fraction of sp³-hybridized carbons (Fsp3) is 0.115. The number of rotatable bonds is 6. The average Bonchev–Trinajstić information content (AvgIpc) is 3.43. The molecule has 0 aliphatic carbocycles. The van der Waals surface area contributed by atoms with Crippen molar-refractivity contribution in [1.82, 2.24) is 14.4 Å². The summed E-state index contributed by atoms with van der Waals surface area (Å²) in [4.78, 5) is 21.2. The van der Waals surface area contributed by atoms with Gasteiger partial charge in [0.2, 0.25) is 5.88 Å². The van der Waals surface area contributed by atoms with Crippen LogP contribution in [0.25, 0.3) is 16.9 Å². The number of benzene rings is 2. The normalized spacial score (nSPS) is 11.1. The van der Waals surface area contributed by atoms with Crippen LogP contribution >= 0.6 is 0 Å². The molecule has 34 heavy (non-hydrogen) atoms. The molecule has 8 heteroatoms. The van der Waals surface area contributed by atoms with E-state index in [1.54, 1.807) is 12.1 Å². The Kier molecular flexibility index (Phi) is 5.63. The van der Waals surface area contributed by atoms with Crippen LogP contribution in [0.1, 0.15) is 29.6 Å². The summed E-state index contributed by atoms with van der Waals surface area (Å²) in [5.74, 6) is -1.28. The number of hydrogen-bond acceptors (Lipinski definition) is 5. The van der Waals surface area contributed by atoms with Crippen LogP contribution in [0.5, 0.6) is 5.88 Å². The van der Waals surface area contributed by atoms with Crippen LogP contribution in [0.4, 0.5) is 8.78 Å². The highest BCUT2D eigenvalue weighted by atomic mass is 19.1. The van der Waals surface area contributed by atoms with Crippen molar-refractivity contribution < 1.29 is 22.7 Å². The summed E-state index contributed by atoms with van der Waals surface area (Å²) in [5, 5.41) is 0. The number of halogens is 2. The summed E-state index contributed by atoms with van der Waals surface area (Å²) < 4.78 is 41.8. The monoisotopic (exact) mass is 459 g/mol. The molecule has 5 rings (SSSR count). The maximum atomic E-state index is 14.7. The Bertz CT molecular complexity index is 1460. The molecule has 2 aromatic carbocycles. The smallest absolute Gasteiger partial charge is 0.309 e. The van der Waals surface area contributed by atoms with Gasteiger partial charge in [-0.25, -0.2) is 18.7 Å². The van der Waals surface area contributed by atoms with Gasteiger partial charge in [0.1, 0.15) is 23.1 Å². The Morgan fingerprint density at radius 2 is 1.71 bits per heavy atom. The third-order valence-corrected chi connectivity index (χ3v) is 5.30. The van der Waals surface area contributed by atoms with Crippen molar-refractivity contribution in [3.8, 4) is 17.1 Å². The van der Waals surface area contributed by atoms with Crippen molar-refractivity contribution in [1.29, 1.82) is 0 Å². The van der Waals surface area contributed by atoms with Crippen LogP contribution in [-0.2, 0) is 17.6 Å². The Hall–Kier alpha value is -4.33. The number of carbonyl (C=O) groups is 1. The van der Waals surface area contributed by atoms with Crippen LogP contribution in [0.15, 0.2) is 77.5 Å². The van der Waals surface area contributed by atoms with E-state index in [9.17, 15) is 13.6 Å². The van der Waals surface area contributed by atoms with Crippen LogP contribution in [0.3, 0.4) is 0 Å². The van der Waals surface area contributed by atoms with Crippen molar-refractivity contribution in [3.05, 3.63) is 107 Å². The lowest BCUT2D eigenvalue weighted by Crippen LogP contribution is -2.08. The van der Waals surface area contributed by atoms with E-state index in [0.717, 1.165) is 5.56 Å². The van der Waals surface area contributed by atoms with E-state index in [4.69, 9.17) is 14.1 Å². The molecule has 0 amide bonds. The molecule has 5 aromatic rings. The van der Waals surface area contributed by atoms with Crippen molar-refractivity contribution >= 4 is 11.6 Å². The summed E-state index contributed by atoms with van der Waals surface area (Å²) in [6, 6.07) is 16.7. The van der Waals surface area contributed by atoms with Crippen LogP contribution in [0, 0.1) is 11.6 Å². The van der Waals surface area contributed by atoms with E-state index < -0.39 is 17.6 Å². The molecule has 0 unspecified atom stereocenters. The van der Waals surface area contributed by atoms with Gasteiger partial charge < -0.3 is 9.15 Å². The predicted octanol–water partition coefficient (Wildman–Crippen LogP) is 5.37. The van der Waals surface area contributed by atoms with Crippen LogP contribution < -0.4 is 4.74 Å². The molecular weight excluding hydrogens is 440 g/mol. The van der Waals surface area contributed by atoms with Gasteiger partial charge in [-0.05, 0) is 29.8 Å². The van der Waals surface area contributed by atoms with Gasteiger partial charge in [-0.1, -0.05) is 36.4 Å². The number of imidazole rings is 1. The standard InChI is InChI=1S/C26H19F2N3O3/c1-16(32)34-26-22(14-18-9-6-12-33-18)30-25-21(13-17-7-3-2-4-8-17)29-23(15-31(25)26)24-19(27)10-5-11-20(24)28/h2-12,15H,13-14H2,1H3. The highest BCUT2D eigenvalue weighted by molar-refractivity contribution is 5.71. The predicted molar refractivity (Wildman–Crippen MR) is 120 cm³/mol. The van der Waals surface area contributed by atoms with Crippen molar-refractivity contribution in [2.75, 3.05) is 0 Å². The first-order valence-electron chi connectivity index (χ1n) is 10.6. The molecule has 0 aliphatic heterocycles. The number of aromatic nitrogens is 3. The maximum Gasteiger partial charge on any atom is 0.309 e. The zero-order valence-electron chi connectivity index (χ0n) is 18.2. The minimum absolute atomic E-state index is 0.0596. The zero-order chi connectivity index (χ0) is 23.7. The first-order chi connectivity index (χ1) is 16.5. The molecule has 3 aromatic heterocycles. The third-order valence-electron chi connectivity index (χ3n) is 5.30. The van der Waals surface area contributed by atoms with Gasteiger partial charge in [0.15, 0.2) is 5.65 Å². The number of ether oxygens (including phenoxy) is 1. The van der Waals surface area contributed by atoms with E-state index in [2.05, 4.69) is 4.98 Å². The summed E-state index contributed by atoms with van der Waals surface area (Å²) in [5.41, 5.74) is 2.06. The van der Waals surface area contributed by atoms with Crippen LogP contribution in [-0.4, -0.2) is 20.3 Å². The minimum atomic E-state index is -0.748. The van der Waals surface area contributed by atoms with Gasteiger partial charge in [0.05, 0.1) is 29.6 Å². The molecule has 0 aliphatic rings. The third kappa shape index (κ3) is 4.17. The van der Waals surface area contributed by atoms with E-state index in [1.807, 2.05) is 30.3 Å². The molecule has 3 heterocycles. The molecule has 0 N–H and O–H groups in total. The Morgan fingerprint density at radius 1 is 0.941 bits per heavy atom. The number of furan rings is 1. The highest BCUT2D eigenvalue weighted by Gasteiger charge is 2.23. The lowest BCUT2D eigenvalue weighted by molar-refractivity contribution is -0.132. The molecular formula is C26H19F2N3O3. The fourth-order valence-electron chi connectivity index (χ4n) is 3.84. The molecule has 0 radical (unpaired) electrons. The molecule has 0 spiro atoms. The molecule has 0 fully saturated rings. The summed E-state index contributed by atoms with van der Waals surface area (Å²) >= 11 is 0. The fourth-order valence-corrected chi connectivity index (χ4v) is 3.84. The molecule has 170 valence electrons. The van der Waals surface area contributed by atoms with E-state index in [1.165, 1.54) is 42.0 Å². The number of carbonyl (C=O) groups excluding carboxylic acids is 1. The molecule has 0 atom stereocenters. The zero-order valence-corrected chi connectivity index (χ0v) is 18.2. The first kappa shape index (κ1) is 21.5. The first-order valence-corrected chi connectivity index (χ1v) is 10.6. The van der Waals surface area contributed by atoms with Crippen molar-refractivity contribution in [2.45, 2.75) is 19.8 Å². The van der Waals surface area contributed by atoms with Crippen molar-refractivity contribution in [2.24, 2.45) is 0 Å². The SMILES string of the molecule is CC(=O)Oc1c(Cc2ccco2)nc2c(Cc3ccccc3)nc(-c3c(F)cccc3F)cn12. The summed E-state index contributed by atoms with van der Waals surface area (Å²) in [6.07, 6.45) is 3.58. The van der Waals surface area contributed by atoms with Gasteiger partial charge in [-0.15, -0.1) is 0 Å². The number of esters is 1. The van der Waals surface area contributed by atoms with E-state index in [0.29, 0.717) is 29.2 Å². The number of nitrogens with zero attached hydrogens (tertiary/aromatic N) is 3. The number of fused-ring (bicyclic) bond motifs is 1. The van der Waals surface area contributed by atoms with E-state index >= 15 is 0 Å². The Balaban J connectivity index is 1.76. The summed E-state index contributed by atoms with van der Waals surface area (Å²) in [6.45, 7) is 1.28. The second kappa shape index (κ2) is 8.90. The summed E-state index contributed by atoms with van der Waals surface area (Å²) in [7, 11) is 0. The average molecular weight is 459 g/mol. The van der Waals surface area contributed by atoms with Crippen LogP contribution in [0.2, 0.25) is 0 Å². The second-order valence-electron chi connectivity index (χ2n) is 7.74. The van der Waals surface area contributed by atoms with Crippen molar-refractivity contribution in [3.63, 3.8) is 0 Å². The van der Waals surface area contributed by atoms with Gasteiger partial charge in [0.25, 0.3) is 0 Å². The van der Waals surface area contributed by atoms with Gasteiger partial charge >= 0.3 is 5.97 Å². The van der Waals surface area contributed by atoms with Gasteiger partial charge in [0, 0.05) is 19.5 Å². The largest absolute Gasteiger partial charge is 0.469 e. The lowest BCUT2D eigenvalue weighted by Gasteiger charge is -2.11. The lowest BCUT2D eigenvalue weighted by atomic mass is 10.1. The maximum absolute atomic E-state index is 14.7. The number of hydrogen-bond donors (Lipinski definition) is 0. The highest BCUT2D eigenvalue weighted by Crippen LogP contribution is 2.31. The molecule has 0 saturated heterocycles. The molecule has 0 bridgehead atoms. The molecule has 0 saturated carbocycles. The Labute approximate surface area is 193 Å². The Morgan fingerprint density at radius 3 is 2.38 bits per heavy atom. The molecule has 6 nitrogen and oxygen atoms in total.